The summed E-state index contributed by atoms with van der Waals surface area (Å²) in [6.07, 6.45) is -0.211. The topological polar surface area (TPSA) is 58.8 Å². The molecule has 116 valence electrons. The predicted molar refractivity (Wildman–Crippen MR) is 83.1 cm³/mol. The number of piperazine rings is 1. The number of hydrogen-bond acceptors (Lipinski definition) is 4. The highest BCUT2D eigenvalue weighted by Gasteiger charge is 2.26. The zero-order valence-electron chi connectivity index (χ0n) is 12.9. The molecule has 0 aliphatic carbocycles. The monoisotopic (exact) mass is 291 g/mol. The Morgan fingerprint density at radius 3 is 2.62 bits per heavy atom. The van der Waals surface area contributed by atoms with E-state index in [9.17, 15) is 4.79 Å². The fourth-order valence-electron chi connectivity index (χ4n) is 2.80. The molecular weight excluding hydrogens is 266 g/mol. The standard InChI is InChI=1S/C16H25N3O2/c1-3-21-16(20)19-9-7-18(8-10-19)15(12-17)14-6-4-5-13(2)11-14/h4-6,11,15H,3,7-10,12,17H2,1-2H3. The molecule has 1 aliphatic heterocycles. The van der Waals surface area contributed by atoms with E-state index in [4.69, 9.17) is 10.5 Å². The minimum Gasteiger partial charge on any atom is -0.450 e. The van der Waals surface area contributed by atoms with E-state index in [1.807, 2.05) is 6.92 Å². The van der Waals surface area contributed by atoms with Gasteiger partial charge >= 0.3 is 6.09 Å². The Balaban J connectivity index is 1.98. The predicted octanol–water partition coefficient (Wildman–Crippen LogP) is 1.77. The quantitative estimate of drug-likeness (QED) is 0.918. The van der Waals surface area contributed by atoms with Gasteiger partial charge in [0.2, 0.25) is 0 Å². The third kappa shape index (κ3) is 3.95. The van der Waals surface area contributed by atoms with Gasteiger partial charge in [-0.25, -0.2) is 4.79 Å². The second-order valence-electron chi connectivity index (χ2n) is 5.39. The van der Waals surface area contributed by atoms with Crippen LogP contribution in [0.15, 0.2) is 24.3 Å². The third-order valence-electron chi connectivity index (χ3n) is 3.93. The molecule has 0 radical (unpaired) electrons. The summed E-state index contributed by atoms with van der Waals surface area (Å²) in [4.78, 5) is 15.8. The van der Waals surface area contributed by atoms with E-state index in [1.165, 1.54) is 11.1 Å². The number of carbonyl (C=O) groups is 1. The van der Waals surface area contributed by atoms with Gasteiger partial charge in [-0.05, 0) is 19.4 Å². The highest BCUT2D eigenvalue weighted by molar-refractivity contribution is 5.67. The highest BCUT2D eigenvalue weighted by atomic mass is 16.6. The number of hydrogen-bond donors (Lipinski definition) is 1. The highest BCUT2D eigenvalue weighted by Crippen LogP contribution is 2.22. The summed E-state index contributed by atoms with van der Waals surface area (Å²) in [7, 11) is 0. The van der Waals surface area contributed by atoms with Crippen LogP contribution in [0.1, 0.15) is 24.1 Å². The zero-order valence-corrected chi connectivity index (χ0v) is 12.9. The third-order valence-corrected chi connectivity index (χ3v) is 3.93. The van der Waals surface area contributed by atoms with Crippen molar-refractivity contribution in [2.45, 2.75) is 19.9 Å². The summed E-state index contributed by atoms with van der Waals surface area (Å²) in [5.74, 6) is 0. The van der Waals surface area contributed by atoms with Crippen LogP contribution in [-0.2, 0) is 4.74 Å². The van der Waals surface area contributed by atoms with Crippen LogP contribution in [0.5, 0.6) is 0 Å². The molecule has 0 saturated carbocycles. The molecule has 1 fully saturated rings. The number of aryl methyl sites for hydroxylation is 1. The Morgan fingerprint density at radius 1 is 1.33 bits per heavy atom. The first-order chi connectivity index (χ1) is 10.2. The van der Waals surface area contributed by atoms with Crippen molar-refractivity contribution in [1.82, 2.24) is 9.80 Å². The van der Waals surface area contributed by atoms with E-state index >= 15 is 0 Å². The van der Waals surface area contributed by atoms with Crippen LogP contribution in [0.25, 0.3) is 0 Å². The van der Waals surface area contributed by atoms with E-state index in [-0.39, 0.29) is 12.1 Å². The summed E-state index contributed by atoms with van der Waals surface area (Å²) >= 11 is 0. The van der Waals surface area contributed by atoms with Crippen LogP contribution < -0.4 is 5.73 Å². The molecule has 5 nitrogen and oxygen atoms in total. The average molecular weight is 291 g/mol. The fraction of sp³-hybridized carbons (Fsp3) is 0.562. The number of carbonyl (C=O) groups excluding carboxylic acids is 1. The van der Waals surface area contributed by atoms with Gasteiger partial charge in [0.15, 0.2) is 0 Å². The smallest absolute Gasteiger partial charge is 0.409 e. The van der Waals surface area contributed by atoms with E-state index in [1.54, 1.807) is 4.90 Å². The number of nitrogens with zero attached hydrogens (tertiary/aromatic N) is 2. The first-order valence-electron chi connectivity index (χ1n) is 7.58. The lowest BCUT2D eigenvalue weighted by Crippen LogP contribution is -2.50. The molecule has 21 heavy (non-hydrogen) atoms. The van der Waals surface area contributed by atoms with Crippen molar-refractivity contribution < 1.29 is 9.53 Å². The van der Waals surface area contributed by atoms with Crippen molar-refractivity contribution in [1.29, 1.82) is 0 Å². The number of ether oxygens (including phenoxy) is 1. The minimum absolute atomic E-state index is 0.211. The SMILES string of the molecule is CCOC(=O)N1CCN(C(CN)c2cccc(C)c2)CC1. The molecule has 2 rings (SSSR count). The van der Waals surface area contributed by atoms with Crippen LogP contribution in [0.2, 0.25) is 0 Å². The maximum Gasteiger partial charge on any atom is 0.409 e. The summed E-state index contributed by atoms with van der Waals surface area (Å²) < 4.78 is 5.05. The molecule has 0 bridgehead atoms. The second-order valence-corrected chi connectivity index (χ2v) is 5.39. The molecule has 1 atom stereocenters. The molecule has 1 aromatic rings. The Hall–Kier alpha value is -1.59. The molecular formula is C16H25N3O2. The number of nitrogens with two attached hydrogens (primary N) is 1. The normalized spacial score (nSPS) is 17.6. The second kappa shape index (κ2) is 7.43. The van der Waals surface area contributed by atoms with Gasteiger partial charge in [0.25, 0.3) is 0 Å². The van der Waals surface area contributed by atoms with E-state index in [0.717, 1.165) is 13.1 Å². The lowest BCUT2D eigenvalue weighted by molar-refractivity contribution is 0.0671. The molecule has 1 saturated heterocycles. The number of rotatable bonds is 4. The summed E-state index contributed by atoms with van der Waals surface area (Å²) in [5.41, 5.74) is 8.48. The molecule has 1 amide bonds. The zero-order chi connectivity index (χ0) is 15.2. The molecule has 0 spiro atoms. The first-order valence-corrected chi connectivity index (χ1v) is 7.58. The Bertz CT molecular complexity index is 470. The largest absolute Gasteiger partial charge is 0.450 e. The van der Waals surface area contributed by atoms with Gasteiger partial charge in [-0.2, -0.15) is 0 Å². The van der Waals surface area contributed by atoms with Crippen LogP contribution in [0.3, 0.4) is 0 Å². The van der Waals surface area contributed by atoms with Gasteiger partial charge in [0.1, 0.15) is 0 Å². The number of amides is 1. The van der Waals surface area contributed by atoms with E-state index in [2.05, 4.69) is 36.1 Å². The van der Waals surface area contributed by atoms with Crippen LogP contribution in [0.4, 0.5) is 4.79 Å². The van der Waals surface area contributed by atoms with Crippen molar-refractivity contribution in [3.63, 3.8) is 0 Å². The van der Waals surface area contributed by atoms with Crippen LogP contribution in [-0.4, -0.2) is 55.2 Å². The molecule has 2 N–H and O–H groups in total. The van der Waals surface area contributed by atoms with Gasteiger partial charge < -0.3 is 15.4 Å². The lowest BCUT2D eigenvalue weighted by Gasteiger charge is -2.38. The lowest BCUT2D eigenvalue weighted by atomic mass is 10.0. The maximum absolute atomic E-state index is 11.7. The summed E-state index contributed by atoms with van der Waals surface area (Å²) in [6.45, 7) is 7.98. The molecule has 0 aromatic heterocycles. The fourth-order valence-corrected chi connectivity index (χ4v) is 2.80. The van der Waals surface area contributed by atoms with Crippen molar-refractivity contribution in [3.8, 4) is 0 Å². The molecule has 1 unspecified atom stereocenters. The van der Waals surface area contributed by atoms with Gasteiger partial charge in [-0.1, -0.05) is 29.8 Å². The Kier molecular flexibility index (Phi) is 5.59. The van der Waals surface area contributed by atoms with Gasteiger partial charge in [-0.3, -0.25) is 4.90 Å². The average Bonchev–Trinajstić information content (AvgIpc) is 2.49. The molecule has 5 heteroatoms. The van der Waals surface area contributed by atoms with Gasteiger partial charge in [-0.15, -0.1) is 0 Å². The van der Waals surface area contributed by atoms with Crippen molar-refractivity contribution in [2.75, 3.05) is 39.3 Å². The van der Waals surface area contributed by atoms with Crippen molar-refractivity contribution in [3.05, 3.63) is 35.4 Å². The molecule has 1 aromatic carbocycles. The van der Waals surface area contributed by atoms with Crippen molar-refractivity contribution >= 4 is 6.09 Å². The van der Waals surface area contributed by atoms with E-state index in [0.29, 0.717) is 26.2 Å². The van der Waals surface area contributed by atoms with Crippen LogP contribution >= 0.6 is 0 Å². The molecule has 1 heterocycles. The van der Waals surface area contributed by atoms with Crippen molar-refractivity contribution in [2.24, 2.45) is 5.73 Å². The maximum atomic E-state index is 11.7. The van der Waals surface area contributed by atoms with Gasteiger partial charge in [0, 0.05) is 38.8 Å². The Morgan fingerprint density at radius 2 is 2.05 bits per heavy atom. The van der Waals surface area contributed by atoms with E-state index < -0.39 is 0 Å². The number of benzene rings is 1. The Labute approximate surface area is 126 Å². The van der Waals surface area contributed by atoms with Crippen LogP contribution in [0, 0.1) is 6.92 Å². The summed E-state index contributed by atoms with van der Waals surface area (Å²) in [6, 6.07) is 8.70. The molecule has 1 aliphatic rings. The van der Waals surface area contributed by atoms with Gasteiger partial charge in [0.05, 0.1) is 6.61 Å². The minimum atomic E-state index is -0.211. The first kappa shape index (κ1) is 15.8. The summed E-state index contributed by atoms with van der Waals surface area (Å²) in [5, 5.41) is 0.